The average molecular weight is 259 g/mol. The molecule has 0 aromatic heterocycles. The van der Waals surface area contributed by atoms with Crippen molar-refractivity contribution in [3.63, 3.8) is 0 Å². The first-order valence-corrected chi connectivity index (χ1v) is 5.92. The van der Waals surface area contributed by atoms with Crippen molar-refractivity contribution in [2.45, 2.75) is 12.8 Å². The van der Waals surface area contributed by atoms with Crippen LogP contribution in [0.1, 0.15) is 12.8 Å². The Morgan fingerprint density at radius 1 is 1.24 bits per heavy atom. The zero-order valence-electron chi connectivity index (χ0n) is 9.53. The number of nitrogens with one attached hydrogen (secondary N) is 2. The van der Waals surface area contributed by atoms with Crippen LogP contribution in [-0.2, 0) is 14.3 Å². The molecule has 0 bridgehead atoms. The van der Waals surface area contributed by atoms with Gasteiger partial charge < -0.3 is 21.1 Å². The summed E-state index contributed by atoms with van der Waals surface area (Å²) in [4.78, 5) is 22.8. The predicted molar refractivity (Wildman–Crippen MR) is 66.3 cm³/mol. The van der Waals surface area contributed by atoms with E-state index in [1.54, 1.807) is 0 Å². The number of rotatable bonds is 4. The second-order valence-corrected chi connectivity index (χ2v) is 4.44. The van der Waals surface area contributed by atoms with Crippen LogP contribution in [-0.4, -0.2) is 43.1 Å². The lowest BCUT2D eigenvalue weighted by Gasteiger charge is -2.21. The van der Waals surface area contributed by atoms with Gasteiger partial charge in [0.2, 0.25) is 0 Å². The van der Waals surface area contributed by atoms with Crippen molar-refractivity contribution < 1.29 is 14.3 Å². The normalized spacial score (nSPS) is 16.2. The number of carbonyl (C=O) groups excluding carboxylic acids is 2. The Labute approximate surface area is 105 Å². The lowest BCUT2D eigenvalue weighted by Crippen LogP contribution is -2.44. The van der Waals surface area contributed by atoms with Gasteiger partial charge in [-0.15, -0.1) is 0 Å². The zero-order chi connectivity index (χ0) is 12.7. The molecule has 17 heavy (non-hydrogen) atoms. The Kier molecular flexibility index (Phi) is 5.85. The van der Waals surface area contributed by atoms with Gasteiger partial charge in [0.15, 0.2) is 0 Å². The summed E-state index contributed by atoms with van der Waals surface area (Å²) in [6, 6.07) is 0. The molecule has 7 heteroatoms. The molecule has 0 spiro atoms. The van der Waals surface area contributed by atoms with Gasteiger partial charge in [-0.1, -0.05) is 12.2 Å². The van der Waals surface area contributed by atoms with Crippen LogP contribution in [0.5, 0.6) is 0 Å². The predicted octanol–water partition coefficient (Wildman–Crippen LogP) is -1.07. The van der Waals surface area contributed by atoms with E-state index in [1.165, 1.54) is 0 Å². The molecular weight excluding hydrogens is 242 g/mol. The Balaban J connectivity index is 2.19. The molecule has 1 rings (SSSR count). The SMILES string of the molecule is NC(=S)CNC(=O)C(=O)NCC1CCOCC1. The van der Waals surface area contributed by atoms with E-state index in [0.29, 0.717) is 25.7 Å². The van der Waals surface area contributed by atoms with Gasteiger partial charge in [-0.2, -0.15) is 0 Å². The fraction of sp³-hybridized carbons (Fsp3) is 0.700. The number of carbonyl (C=O) groups is 2. The van der Waals surface area contributed by atoms with Crippen LogP contribution in [0.4, 0.5) is 0 Å². The van der Waals surface area contributed by atoms with E-state index >= 15 is 0 Å². The molecular formula is C10H17N3O3S. The van der Waals surface area contributed by atoms with Crippen LogP contribution in [0, 0.1) is 5.92 Å². The van der Waals surface area contributed by atoms with Crippen LogP contribution in [0.15, 0.2) is 0 Å². The molecule has 0 atom stereocenters. The molecule has 1 heterocycles. The van der Waals surface area contributed by atoms with Crippen molar-refractivity contribution in [1.29, 1.82) is 0 Å². The van der Waals surface area contributed by atoms with Crippen molar-refractivity contribution in [3.8, 4) is 0 Å². The summed E-state index contributed by atoms with van der Waals surface area (Å²) in [5.41, 5.74) is 5.20. The van der Waals surface area contributed by atoms with Crippen molar-refractivity contribution in [1.82, 2.24) is 10.6 Å². The van der Waals surface area contributed by atoms with E-state index in [-0.39, 0.29) is 11.5 Å². The zero-order valence-corrected chi connectivity index (χ0v) is 10.3. The summed E-state index contributed by atoms with van der Waals surface area (Å²) in [6.07, 6.45) is 1.82. The highest BCUT2D eigenvalue weighted by Gasteiger charge is 2.17. The van der Waals surface area contributed by atoms with Gasteiger partial charge in [-0.3, -0.25) is 9.59 Å². The first-order chi connectivity index (χ1) is 8.09. The van der Waals surface area contributed by atoms with Crippen LogP contribution < -0.4 is 16.4 Å². The number of hydrogen-bond acceptors (Lipinski definition) is 4. The molecule has 1 saturated heterocycles. The summed E-state index contributed by atoms with van der Waals surface area (Å²) in [5, 5.41) is 4.91. The number of hydrogen-bond donors (Lipinski definition) is 3. The molecule has 2 amide bonds. The van der Waals surface area contributed by atoms with E-state index in [2.05, 4.69) is 22.9 Å². The van der Waals surface area contributed by atoms with E-state index in [4.69, 9.17) is 10.5 Å². The minimum atomic E-state index is -0.704. The van der Waals surface area contributed by atoms with Crippen LogP contribution in [0.3, 0.4) is 0 Å². The van der Waals surface area contributed by atoms with Gasteiger partial charge in [0, 0.05) is 19.8 Å². The third-order valence-corrected chi connectivity index (χ3v) is 2.67. The standard InChI is InChI=1S/C10H17N3O3S/c11-8(17)6-13-10(15)9(14)12-5-7-1-3-16-4-2-7/h7H,1-6H2,(H2,11,17)(H,12,14)(H,13,15). The fourth-order valence-electron chi connectivity index (χ4n) is 1.52. The molecule has 4 N–H and O–H groups in total. The summed E-state index contributed by atoms with van der Waals surface area (Å²) >= 11 is 4.58. The molecule has 0 saturated carbocycles. The van der Waals surface area contributed by atoms with E-state index < -0.39 is 11.8 Å². The summed E-state index contributed by atoms with van der Waals surface area (Å²) in [7, 11) is 0. The molecule has 1 aliphatic heterocycles. The van der Waals surface area contributed by atoms with Crippen molar-refractivity contribution in [2.24, 2.45) is 11.7 Å². The monoisotopic (exact) mass is 259 g/mol. The smallest absolute Gasteiger partial charge is 0.309 e. The highest BCUT2D eigenvalue weighted by Crippen LogP contribution is 2.12. The summed E-state index contributed by atoms with van der Waals surface area (Å²) in [6.45, 7) is 1.98. The Morgan fingerprint density at radius 3 is 2.41 bits per heavy atom. The topological polar surface area (TPSA) is 93.5 Å². The number of thiocarbonyl (C=S) groups is 1. The summed E-state index contributed by atoms with van der Waals surface area (Å²) < 4.78 is 5.20. The third kappa shape index (κ3) is 5.60. The minimum Gasteiger partial charge on any atom is -0.392 e. The van der Waals surface area contributed by atoms with E-state index in [0.717, 1.165) is 12.8 Å². The maximum atomic E-state index is 11.4. The molecule has 0 aromatic rings. The Hall–Kier alpha value is -1.21. The lowest BCUT2D eigenvalue weighted by atomic mass is 10.0. The molecule has 0 aromatic carbocycles. The Bertz CT molecular complexity index is 303. The number of ether oxygens (including phenoxy) is 1. The molecule has 0 aliphatic carbocycles. The number of nitrogens with two attached hydrogens (primary N) is 1. The second kappa shape index (κ2) is 7.18. The van der Waals surface area contributed by atoms with Crippen LogP contribution in [0.25, 0.3) is 0 Å². The van der Waals surface area contributed by atoms with Crippen LogP contribution >= 0.6 is 12.2 Å². The van der Waals surface area contributed by atoms with Gasteiger partial charge >= 0.3 is 11.8 Å². The molecule has 6 nitrogen and oxygen atoms in total. The molecule has 0 radical (unpaired) electrons. The maximum absolute atomic E-state index is 11.4. The van der Waals surface area contributed by atoms with Gasteiger partial charge in [-0.25, -0.2) is 0 Å². The highest BCUT2D eigenvalue weighted by atomic mass is 32.1. The van der Waals surface area contributed by atoms with Gasteiger partial charge in [0.05, 0.1) is 11.5 Å². The summed E-state index contributed by atoms with van der Waals surface area (Å²) in [5.74, 6) is -0.964. The average Bonchev–Trinajstić information content (AvgIpc) is 2.34. The molecule has 1 aliphatic rings. The Morgan fingerprint density at radius 2 is 1.82 bits per heavy atom. The molecule has 96 valence electrons. The van der Waals surface area contributed by atoms with Crippen molar-refractivity contribution in [3.05, 3.63) is 0 Å². The molecule has 1 fully saturated rings. The lowest BCUT2D eigenvalue weighted by molar-refractivity contribution is -0.139. The van der Waals surface area contributed by atoms with E-state index in [1.807, 2.05) is 0 Å². The molecule has 0 unspecified atom stereocenters. The quantitative estimate of drug-likeness (QED) is 0.441. The fourth-order valence-corrected chi connectivity index (χ4v) is 1.59. The largest absolute Gasteiger partial charge is 0.392 e. The second-order valence-electron chi connectivity index (χ2n) is 3.91. The minimum absolute atomic E-state index is 0.0405. The number of amides is 2. The third-order valence-electron chi connectivity index (χ3n) is 2.52. The van der Waals surface area contributed by atoms with E-state index in [9.17, 15) is 9.59 Å². The maximum Gasteiger partial charge on any atom is 0.309 e. The van der Waals surface area contributed by atoms with Crippen molar-refractivity contribution in [2.75, 3.05) is 26.3 Å². The van der Waals surface area contributed by atoms with Crippen molar-refractivity contribution >= 4 is 29.0 Å². The van der Waals surface area contributed by atoms with Gasteiger partial charge in [0.1, 0.15) is 0 Å². The highest BCUT2D eigenvalue weighted by molar-refractivity contribution is 7.80. The van der Waals surface area contributed by atoms with Crippen LogP contribution in [0.2, 0.25) is 0 Å². The van der Waals surface area contributed by atoms with Gasteiger partial charge in [-0.05, 0) is 18.8 Å². The van der Waals surface area contributed by atoms with Gasteiger partial charge in [0.25, 0.3) is 0 Å². The first kappa shape index (κ1) is 13.9. The first-order valence-electron chi connectivity index (χ1n) is 5.51.